The molecule has 0 spiro atoms. The zero-order chi connectivity index (χ0) is 16.7. The third-order valence-electron chi connectivity index (χ3n) is 3.12. The lowest BCUT2D eigenvalue weighted by Crippen LogP contribution is -2.41. The fraction of sp³-hybridized carbons (Fsp3) is 0.417. The van der Waals surface area contributed by atoms with Crippen molar-refractivity contribution in [3.63, 3.8) is 0 Å². The highest BCUT2D eigenvalue weighted by molar-refractivity contribution is 6.03. The number of benzene rings is 1. The average Bonchev–Trinajstić information content (AvgIpc) is 2.36. The van der Waals surface area contributed by atoms with Crippen molar-refractivity contribution in [3.8, 4) is 0 Å². The molecule has 0 radical (unpaired) electrons. The van der Waals surface area contributed by atoms with E-state index in [-0.39, 0.29) is 19.0 Å². The van der Waals surface area contributed by atoms with Crippen LogP contribution in [0.1, 0.15) is 17.5 Å². The van der Waals surface area contributed by atoms with Gasteiger partial charge in [-0.25, -0.2) is 0 Å². The second-order valence-electron chi connectivity index (χ2n) is 4.71. The van der Waals surface area contributed by atoms with Gasteiger partial charge in [-0.15, -0.1) is 0 Å². The summed E-state index contributed by atoms with van der Waals surface area (Å²) in [5.74, 6) is -0.731. The topological polar surface area (TPSA) is 67.2 Å². The van der Waals surface area contributed by atoms with Crippen LogP contribution in [-0.4, -0.2) is 18.5 Å². The van der Waals surface area contributed by atoms with Gasteiger partial charge in [0.15, 0.2) is 0 Å². The van der Waals surface area contributed by atoms with Crippen LogP contribution < -0.4 is 16.4 Å². The summed E-state index contributed by atoms with van der Waals surface area (Å²) in [5, 5.41) is 4.38. The monoisotopic (exact) mass is 327 g/mol. The maximum absolute atomic E-state index is 13.0. The first-order valence-electron chi connectivity index (χ1n) is 6.14. The zero-order valence-electron chi connectivity index (χ0n) is 10.9. The van der Waals surface area contributed by atoms with Gasteiger partial charge >= 0.3 is 12.4 Å². The third kappa shape index (κ3) is 3.11. The Morgan fingerprint density at radius 1 is 1.09 bits per heavy atom. The van der Waals surface area contributed by atoms with Crippen molar-refractivity contribution >= 4 is 17.3 Å². The summed E-state index contributed by atoms with van der Waals surface area (Å²) < 4.78 is 77.1. The summed E-state index contributed by atoms with van der Waals surface area (Å²) in [4.78, 5) is 11.7. The molecule has 0 fully saturated rings. The van der Waals surface area contributed by atoms with Crippen molar-refractivity contribution in [2.45, 2.75) is 24.8 Å². The summed E-state index contributed by atoms with van der Waals surface area (Å²) in [6.45, 7) is 0.0302. The summed E-state index contributed by atoms with van der Waals surface area (Å²) in [7, 11) is 0. The smallest absolute Gasteiger partial charge is 0.371 e. The molecule has 0 saturated heterocycles. The number of amides is 1. The van der Waals surface area contributed by atoms with Crippen LogP contribution in [-0.2, 0) is 17.1 Å². The van der Waals surface area contributed by atoms with Crippen LogP contribution in [0.25, 0.3) is 0 Å². The van der Waals surface area contributed by atoms with Gasteiger partial charge in [-0.3, -0.25) is 4.79 Å². The molecule has 22 heavy (non-hydrogen) atoms. The highest BCUT2D eigenvalue weighted by Gasteiger charge is 2.42. The lowest BCUT2D eigenvalue weighted by molar-refractivity contribution is -0.142. The van der Waals surface area contributed by atoms with Crippen LogP contribution >= 0.6 is 0 Å². The number of carbonyl (C=O) groups is 1. The summed E-state index contributed by atoms with van der Waals surface area (Å²) in [6.07, 6.45) is -9.93. The lowest BCUT2D eigenvalue weighted by Gasteiger charge is -2.29. The Labute approximate surface area is 120 Å². The van der Waals surface area contributed by atoms with Crippen LogP contribution in [0, 0.1) is 0 Å². The second-order valence-corrected chi connectivity index (χ2v) is 4.71. The van der Waals surface area contributed by atoms with Gasteiger partial charge in [-0.1, -0.05) is 0 Å². The Hall–Kier alpha value is -1.97. The molecule has 0 aliphatic carbocycles. The lowest BCUT2D eigenvalue weighted by atomic mass is 10.0. The van der Waals surface area contributed by atoms with Crippen molar-refractivity contribution in [2.24, 2.45) is 5.73 Å². The van der Waals surface area contributed by atoms with Gasteiger partial charge in [0.2, 0.25) is 5.91 Å². The Kier molecular flexibility index (Phi) is 3.98. The fourth-order valence-electron chi connectivity index (χ4n) is 2.11. The molecule has 122 valence electrons. The van der Waals surface area contributed by atoms with E-state index in [1.165, 1.54) is 0 Å². The van der Waals surface area contributed by atoms with E-state index < -0.39 is 46.8 Å². The fourth-order valence-corrected chi connectivity index (χ4v) is 2.11. The normalized spacial score (nSPS) is 18.5. The van der Waals surface area contributed by atoms with E-state index in [9.17, 15) is 31.1 Å². The summed E-state index contributed by atoms with van der Waals surface area (Å²) >= 11 is 0. The van der Waals surface area contributed by atoms with E-state index in [1.54, 1.807) is 0 Å². The minimum Gasteiger partial charge on any atom is -0.371 e. The Morgan fingerprint density at radius 3 is 2.23 bits per heavy atom. The van der Waals surface area contributed by atoms with Gasteiger partial charge in [-0.2, -0.15) is 26.3 Å². The summed E-state index contributed by atoms with van der Waals surface area (Å²) in [6, 6.07) is -0.549. The molecule has 1 amide bonds. The van der Waals surface area contributed by atoms with Crippen molar-refractivity contribution in [1.29, 1.82) is 0 Å². The molecule has 0 unspecified atom stereocenters. The van der Waals surface area contributed by atoms with Crippen LogP contribution in [0.15, 0.2) is 12.1 Å². The van der Waals surface area contributed by atoms with E-state index in [0.29, 0.717) is 6.07 Å². The predicted molar refractivity (Wildman–Crippen MR) is 66.2 cm³/mol. The molecule has 1 atom stereocenters. The summed E-state index contributed by atoms with van der Waals surface area (Å²) in [5.41, 5.74) is 1.14. The molecule has 0 saturated carbocycles. The number of halogens is 6. The van der Waals surface area contributed by atoms with Crippen molar-refractivity contribution in [2.75, 3.05) is 17.2 Å². The van der Waals surface area contributed by atoms with E-state index in [2.05, 4.69) is 10.6 Å². The quantitative estimate of drug-likeness (QED) is 0.732. The van der Waals surface area contributed by atoms with Crippen LogP contribution in [0.5, 0.6) is 0 Å². The number of nitrogens with one attached hydrogen (secondary N) is 2. The first-order chi connectivity index (χ1) is 10.0. The van der Waals surface area contributed by atoms with E-state index in [4.69, 9.17) is 5.73 Å². The van der Waals surface area contributed by atoms with Crippen LogP contribution in [0.3, 0.4) is 0 Å². The number of nitrogens with two attached hydrogens (primary N) is 1. The van der Waals surface area contributed by atoms with E-state index >= 15 is 0 Å². The molecular weight excluding hydrogens is 316 g/mol. The SMILES string of the molecule is NCC[C@@H]1Nc2c(cc(C(F)(F)F)cc2C(F)(F)F)NC1=O. The van der Waals surface area contributed by atoms with E-state index in [1.807, 2.05) is 0 Å². The largest absolute Gasteiger partial charge is 0.418 e. The zero-order valence-corrected chi connectivity index (χ0v) is 10.9. The van der Waals surface area contributed by atoms with Gasteiger partial charge in [0.25, 0.3) is 0 Å². The molecule has 1 aromatic carbocycles. The number of fused-ring (bicyclic) bond motifs is 1. The number of anilines is 2. The molecule has 1 heterocycles. The van der Waals surface area contributed by atoms with Gasteiger partial charge in [0.05, 0.1) is 22.5 Å². The second kappa shape index (κ2) is 5.34. The predicted octanol–water partition coefficient (Wildman–Crippen LogP) is 2.81. The van der Waals surface area contributed by atoms with E-state index in [0.717, 1.165) is 0 Å². The highest BCUT2D eigenvalue weighted by Crippen LogP contribution is 2.44. The molecule has 1 aliphatic rings. The van der Waals surface area contributed by atoms with Crippen molar-refractivity contribution in [1.82, 2.24) is 0 Å². The first kappa shape index (κ1) is 16.4. The standard InChI is InChI=1S/C12H11F6N3O/c13-11(14,15)5-3-6(12(16,17)18)9-8(4-5)21-10(22)7(20-9)1-2-19/h3-4,7,20H,1-2,19H2,(H,21,22)/t7-/m0/s1. The Balaban J connectivity index is 2.58. The maximum atomic E-state index is 13.0. The third-order valence-corrected chi connectivity index (χ3v) is 3.12. The molecule has 0 aromatic heterocycles. The number of carbonyl (C=O) groups excluding carboxylic acids is 1. The Bertz CT molecular complexity index is 596. The molecule has 0 bridgehead atoms. The molecule has 1 aliphatic heterocycles. The molecule has 2 rings (SSSR count). The van der Waals surface area contributed by atoms with Gasteiger partial charge in [0, 0.05) is 0 Å². The number of hydrogen-bond donors (Lipinski definition) is 3. The van der Waals surface area contributed by atoms with Gasteiger partial charge in [-0.05, 0) is 25.1 Å². The van der Waals surface area contributed by atoms with Crippen LogP contribution in [0.4, 0.5) is 37.7 Å². The molecule has 1 aromatic rings. The van der Waals surface area contributed by atoms with Gasteiger partial charge < -0.3 is 16.4 Å². The maximum Gasteiger partial charge on any atom is 0.418 e. The molecule has 10 heteroatoms. The minimum absolute atomic E-state index is 0.0167. The number of rotatable bonds is 2. The number of hydrogen-bond acceptors (Lipinski definition) is 3. The minimum atomic E-state index is -5.01. The van der Waals surface area contributed by atoms with Crippen molar-refractivity contribution < 1.29 is 31.1 Å². The first-order valence-corrected chi connectivity index (χ1v) is 6.14. The van der Waals surface area contributed by atoms with Gasteiger partial charge in [0.1, 0.15) is 6.04 Å². The van der Waals surface area contributed by atoms with Crippen LogP contribution in [0.2, 0.25) is 0 Å². The highest BCUT2D eigenvalue weighted by atomic mass is 19.4. The number of alkyl halides is 6. The molecule has 4 nitrogen and oxygen atoms in total. The van der Waals surface area contributed by atoms with Crippen molar-refractivity contribution in [3.05, 3.63) is 23.3 Å². The Morgan fingerprint density at radius 2 is 1.73 bits per heavy atom. The average molecular weight is 327 g/mol. The molecular formula is C12H11F6N3O. The molecule has 4 N–H and O–H groups in total.